The van der Waals surface area contributed by atoms with E-state index in [0.717, 1.165) is 78.5 Å². The zero-order chi connectivity index (χ0) is 46.1. The minimum Gasteiger partial charge on any atom is -0.405 e. The van der Waals surface area contributed by atoms with Crippen LogP contribution in [0.3, 0.4) is 0 Å². The number of hydrogen-bond acceptors (Lipinski definition) is 6. The lowest BCUT2D eigenvalue weighted by Gasteiger charge is -2.20. The second-order valence-corrected chi connectivity index (χ2v) is 16.9. The van der Waals surface area contributed by atoms with Gasteiger partial charge < -0.3 is 21.1 Å². The molecule has 68 heavy (non-hydrogen) atoms. The summed E-state index contributed by atoms with van der Waals surface area (Å²) in [4.78, 5) is 26.4. The summed E-state index contributed by atoms with van der Waals surface area (Å²) < 4.78 is 0. The molecule has 0 radical (unpaired) electrons. The van der Waals surface area contributed by atoms with Crippen LogP contribution in [-0.4, -0.2) is 36.1 Å². The van der Waals surface area contributed by atoms with Gasteiger partial charge >= 0.3 is 0 Å². The Kier molecular flexibility index (Phi) is 10.9. The van der Waals surface area contributed by atoms with Crippen LogP contribution in [0.25, 0.3) is 121 Å². The molecule has 6 heterocycles. The summed E-state index contributed by atoms with van der Waals surface area (Å²) in [5.74, 6) is 0. The van der Waals surface area contributed by atoms with Crippen LogP contribution in [0.1, 0.15) is 18.1 Å². The molecule has 1 aliphatic carbocycles. The molecule has 326 valence electrons. The molecule has 1 aliphatic rings. The number of fused-ring (bicyclic) bond motifs is 15. The van der Waals surface area contributed by atoms with Crippen LogP contribution in [0.4, 0.5) is 0 Å². The monoisotopic (exact) mass is 878 g/mol. The number of aryl methyl sites for hydroxylation is 2. The zero-order valence-corrected chi connectivity index (χ0v) is 37.5. The van der Waals surface area contributed by atoms with Crippen molar-refractivity contribution in [2.45, 2.75) is 19.8 Å². The molecule has 13 rings (SSSR count). The molecule has 0 amide bonds. The van der Waals surface area contributed by atoms with E-state index in [-0.39, 0.29) is 0 Å². The average Bonchev–Trinajstić information content (AvgIpc) is 3.94. The van der Waals surface area contributed by atoms with Gasteiger partial charge in [-0.05, 0) is 168 Å². The van der Waals surface area contributed by atoms with E-state index in [1.165, 1.54) is 78.5 Å². The van der Waals surface area contributed by atoms with Gasteiger partial charge in [-0.25, -0.2) is 0 Å². The van der Waals surface area contributed by atoms with Gasteiger partial charge in [0.2, 0.25) is 0 Å². The van der Waals surface area contributed by atoms with Gasteiger partial charge in [-0.1, -0.05) is 67.3 Å². The van der Waals surface area contributed by atoms with Gasteiger partial charge in [0.1, 0.15) is 0 Å². The van der Waals surface area contributed by atoms with E-state index in [1.807, 2.05) is 68.1 Å². The molecule has 0 saturated carbocycles. The number of benzene rings is 6. The summed E-state index contributed by atoms with van der Waals surface area (Å²) in [6, 6.07) is 44.3. The van der Waals surface area contributed by atoms with E-state index in [0.29, 0.717) is 0 Å². The molecule has 8 nitrogen and oxygen atoms in total. The molecule has 8 heteroatoms. The highest BCUT2D eigenvalue weighted by Crippen LogP contribution is 2.43. The van der Waals surface area contributed by atoms with Crippen LogP contribution < -0.4 is 5.73 Å². The van der Waals surface area contributed by atoms with E-state index in [2.05, 4.69) is 124 Å². The fraction of sp³-hybridized carbons (Fsp3) is 0.0500. The van der Waals surface area contributed by atoms with Crippen LogP contribution in [0.2, 0.25) is 0 Å². The number of pyridine rings is 4. The van der Waals surface area contributed by atoms with Crippen LogP contribution in [0, 0.1) is 5.41 Å². The predicted octanol–water partition coefficient (Wildman–Crippen LogP) is 14.7. The van der Waals surface area contributed by atoms with Crippen molar-refractivity contribution in [1.82, 2.24) is 29.9 Å². The third kappa shape index (κ3) is 7.34. The maximum absolute atomic E-state index is 6.45. The highest BCUT2D eigenvalue weighted by atomic mass is 14.7. The molecule has 5 N–H and O–H groups in total. The Hall–Kier alpha value is -9.01. The molecule has 0 fully saturated rings. The summed E-state index contributed by atoms with van der Waals surface area (Å²) in [6.07, 6.45) is 22.6. The van der Waals surface area contributed by atoms with E-state index < -0.39 is 0 Å². The Labute approximate surface area is 392 Å². The summed E-state index contributed by atoms with van der Waals surface area (Å²) in [5.41, 5.74) is 23.5. The Morgan fingerprint density at radius 3 is 1.38 bits per heavy atom. The van der Waals surface area contributed by atoms with Crippen LogP contribution >= 0.6 is 0 Å². The van der Waals surface area contributed by atoms with Crippen molar-refractivity contribution in [3.05, 3.63) is 206 Å². The minimum atomic E-state index is 0.936. The topological polar surface area (TPSA) is 133 Å². The average molecular weight is 879 g/mol. The smallest absolute Gasteiger partial charge is 0.0970 e. The molecule has 0 saturated heterocycles. The first-order valence-electron chi connectivity index (χ1n) is 22.8. The molecule has 0 atom stereocenters. The van der Waals surface area contributed by atoms with Crippen molar-refractivity contribution in [3.63, 3.8) is 0 Å². The number of rotatable bonds is 5. The van der Waals surface area contributed by atoms with Crippen molar-refractivity contribution < 1.29 is 0 Å². The molecule has 0 spiro atoms. The third-order valence-electron chi connectivity index (χ3n) is 12.9. The Morgan fingerprint density at radius 2 is 0.956 bits per heavy atom. The molecule has 6 aromatic heterocycles. The molecule has 12 aromatic rings. The number of nitrogens with one attached hydrogen (secondary N) is 3. The lowest BCUT2D eigenvalue weighted by Crippen LogP contribution is -2.04. The number of H-pyrrole nitrogens is 2. The van der Waals surface area contributed by atoms with E-state index in [4.69, 9.17) is 21.1 Å². The number of aromatic nitrogens is 6. The van der Waals surface area contributed by atoms with Crippen LogP contribution in [0.15, 0.2) is 195 Å². The van der Waals surface area contributed by atoms with E-state index in [9.17, 15) is 0 Å². The number of allylic oxidation sites excluding steroid dienone is 6. The molecular formula is C60H46N8. The van der Waals surface area contributed by atoms with Crippen molar-refractivity contribution in [2.75, 3.05) is 0 Å². The third-order valence-corrected chi connectivity index (χ3v) is 12.9. The van der Waals surface area contributed by atoms with Crippen LogP contribution in [-0.2, 0) is 12.8 Å². The molecule has 0 aliphatic heterocycles. The highest BCUT2D eigenvalue weighted by molar-refractivity contribution is 6.16. The first kappa shape index (κ1) is 41.7. The SMILES string of the molecule is C/C=C\C=C/N.C=C/C=C\C=N.c1cnc2c(c1)cc(-c1ccc3[nH]c4cc5c(cc4c3c1)CCc1cc3c(cc1-5)[nH]c1ccc(-c4cc5cccnc5c5ncccc45)cc13)c1cccnc12. The first-order valence-corrected chi connectivity index (χ1v) is 22.8. The minimum absolute atomic E-state index is 0.936. The van der Waals surface area contributed by atoms with Crippen molar-refractivity contribution >= 4 is 93.4 Å². The van der Waals surface area contributed by atoms with Crippen LogP contribution in [0.5, 0.6) is 0 Å². The maximum atomic E-state index is 6.45. The number of nitrogens with zero attached hydrogens (tertiary/aromatic N) is 4. The second kappa shape index (κ2) is 17.8. The zero-order valence-electron chi connectivity index (χ0n) is 37.5. The molecule has 0 bridgehead atoms. The Balaban J connectivity index is 0.000000379. The van der Waals surface area contributed by atoms with E-state index >= 15 is 0 Å². The number of nitrogens with two attached hydrogens (primary N) is 1. The normalized spacial score (nSPS) is 12.4. The molecular weight excluding hydrogens is 833 g/mol. The van der Waals surface area contributed by atoms with Gasteiger partial charge in [-0.2, -0.15) is 0 Å². The van der Waals surface area contributed by atoms with Gasteiger partial charge in [-0.15, -0.1) is 0 Å². The quantitative estimate of drug-likeness (QED) is 0.0776. The first-order chi connectivity index (χ1) is 33.5. The van der Waals surface area contributed by atoms with Gasteiger partial charge in [0.15, 0.2) is 0 Å². The van der Waals surface area contributed by atoms with Gasteiger partial charge in [0.25, 0.3) is 0 Å². The predicted molar refractivity (Wildman–Crippen MR) is 286 cm³/mol. The Bertz CT molecular complexity index is 3790. The molecule has 6 aromatic carbocycles. The summed E-state index contributed by atoms with van der Waals surface area (Å²) in [7, 11) is 0. The largest absolute Gasteiger partial charge is 0.405 e. The van der Waals surface area contributed by atoms with Crippen molar-refractivity contribution in [2.24, 2.45) is 5.73 Å². The second-order valence-electron chi connectivity index (χ2n) is 16.9. The van der Waals surface area contributed by atoms with Gasteiger partial charge in [0, 0.05) is 96.2 Å². The number of aromatic amines is 2. The standard InChI is InChI=1S/C50H30N6.C5H9N.C5H7N/c1-5-31-23-35(33-7-3-17-53-49(33)47(31)51-15-1)29-11-13-43-39(19-29)41-21-27-9-10-28-22-42-40-20-30(12-14-44(40)56-46(42)26-38(28)37(27)25-45(41)55-43)36-24-32-6-2-16-52-48(32)50-34(36)8-4-18-54-50;2*1-2-3-4-5-6/h1-8,11-26,55-56H,9-10H2;2-5H,6H2,1H3;2-6H,1H2/b;3-2-,5-4-;4-3-,6-5?. The van der Waals surface area contributed by atoms with Gasteiger partial charge in [0.05, 0.1) is 22.1 Å². The molecule has 0 unspecified atom stereocenters. The summed E-state index contributed by atoms with van der Waals surface area (Å²) >= 11 is 0. The fourth-order valence-corrected chi connectivity index (χ4v) is 9.84. The Morgan fingerprint density at radius 1 is 0.485 bits per heavy atom. The summed E-state index contributed by atoms with van der Waals surface area (Å²) in [6.45, 7) is 5.35. The van der Waals surface area contributed by atoms with Crippen molar-refractivity contribution in [3.8, 4) is 33.4 Å². The summed E-state index contributed by atoms with van der Waals surface area (Å²) in [5, 5.41) is 15.9. The fourth-order valence-electron chi connectivity index (χ4n) is 9.84. The maximum Gasteiger partial charge on any atom is 0.0970 e. The lowest BCUT2D eigenvalue weighted by atomic mass is 9.84. The highest BCUT2D eigenvalue weighted by Gasteiger charge is 2.22. The van der Waals surface area contributed by atoms with Gasteiger partial charge in [-0.3, -0.25) is 19.9 Å². The lowest BCUT2D eigenvalue weighted by molar-refractivity contribution is 0.946. The van der Waals surface area contributed by atoms with Crippen molar-refractivity contribution in [1.29, 1.82) is 5.41 Å². The number of hydrogen-bond donors (Lipinski definition) is 4. The van der Waals surface area contributed by atoms with E-state index in [1.54, 1.807) is 24.3 Å².